The molecule has 0 aliphatic heterocycles. The van der Waals surface area contributed by atoms with Crippen LogP contribution in [-0.2, 0) is 6.54 Å². The van der Waals surface area contributed by atoms with Gasteiger partial charge in [0.2, 0.25) is 0 Å². The Bertz CT molecular complexity index is 1110. The quantitative estimate of drug-likeness (QED) is 0.445. The molecule has 34 heavy (non-hydrogen) atoms. The molecule has 2 aromatic carbocycles. The Kier molecular flexibility index (Phi) is 7.78. The van der Waals surface area contributed by atoms with E-state index in [4.69, 9.17) is 14.5 Å². The van der Waals surface area contributed by atoms with Gasteiger partial charge in [-0.2, -0.15) is 0 Å². The molecule has 1 aromatic heterocycles. The molecule has 4 rings (SSSR count). The van der Waals surface area contributed by atoms with Crippen LogP contribution in [0.3, 0.4) is 0 Å². The third kappa shape index (κ3) is 5.39. The molecular formula is C28H38N4O2. The van der Waals surface area contributed by atoms with Gasteiger partial charge in [-0.05, 0) is 57.2 Å². The first-order valence-electron chi connectivity index (χ1n) is 12.2. The van der Waals surface area contributed by atoms with E-state index >= 15 is 0 Å². The van der Waals surface area contributed by atoms with Crippen LogP contribution in [0.1, 0.15) is 36.8 Å². The Labute approximate surface area is 203 Å². The fourth-order valence-electron chi connectivity index (χ4n) is 5.11. The number of para-hydroxylation sites is 1. The molecule has 0 atom stereocenters. The van der Waals surface area contributed by atoms with Crippen molar-refractivity contribution >= 4 is 22.4 Å². The summed E-state index contributed by atoms with van der Waals surface area (Å²) in [6, 6.07) is 15.1. The van der Waals surface area contributed by atoms with E-state index in [0.717, 1.165) is 41.5 Å². The number of anilines is 2. The zero-order valence-electron chi connectivity index (χ0n) is 21.1. The number of fused-ring (bicyclic) bond motifs is 1. The summed E-state index contributed by atoms with van der Waals surface area (Å²) in [6.07, 6.45) is 4.78. The van der Waals surface area contributed by atoms with Gasteiger partial charge in [-0.3, -0.25) is 0 Å². The number of benzene rings is 2. The van der Waals surface area contributed by atoms with Crippen molar-refractivity contribution in [3.8, 4) is 11.5 Å². The molecule has 1 aliphatic carbocycles. The van der Waals surface area contributed by atoms with Crippen molar-refractivity contribution in [3.63, 3.8) is 0 Å². The van der Waals surface area contributed by atoms with Crippen LogP contribution < -0.4 is 25.0 Å². The van der Waals surface area contributed by atoms with Crippen molar-refractivity contribution in [1.29, 1.82) is 0 Å². The molecule has 0 radical (unpaired) electrons. The largest absolute Gasteiger partial charge is 0.496 e. The fourth-order valence-corrected chi connectivity index (χ4v) is 5.11. The Hall–Kier alpha value is -2.99. The van der Waals surface area contributed by atoms with E-state index in [0.29, 0.717) is 12.0 Å². The third-order valence-corrected chi connectivity index (χ3v) is 6.99. The van der Waals surface area contributed by atoms with E-state index in [1.54, 1.807) is 14.2 Å². The van der Waals surface area contributed by atoms with Gasteiger partial charge in [0.25, 0.3) is 0 Å². The third-order valence-electron chi connectivity index (χ3n) is 6.99. The average Bonchev–Trinajstić information content (AvgIpc) is 2.85. The second-order valence-corrected chi connectivity index (χ2v) is 9.52. The Morgan fingerprint density at radius 2 is 1.76 bits per heavy atom. The average molecular weight is 463 g/mol. The van der Waals surface area contributed by atoms with Crippen molar-refractivity contribution in [1.82, 2.24) is 10.3 Å². The van der Waals surface area contributed by atoms with Crippen LogP contribution in [0.5, 0.6) is 11.5 Å². The van der Waals surface area contributed by atoms with Crippen molar-refractivity contribution in [2.75, 3.05) is 45.1 Å². The molecule has 6 nitrogen and oxygen atoms in total. The zero-order chi connectivity index (χ0) is 24.1. The lowest BCUT2D eigenvalue weighted by Gasteiger charge is -2.30. The van der Waals surface area contributed by atoms with Crippen molar-refractivity contribution in [3.05, 3.63) is 53.6 Å². The maximum Gasteiger partial charge on any atom is 0.129 e. The number of methoxy groups -OCH3 is 2. The minimum atomic E-state index is 0.476. The van der Waals surface area contributed by atoms with Crippen molar-refractivity contribution < 1.29 is 9.47 Å². The van der Waals surface area contributed by atoms with Gasteiger partial charge in [-0.25, -0.2) is 4.98 Å². The summed E-state index contributed by atoms with van der Waals surface area (Å²) >= 11 is 0. The minimum Gasteiger partial charge on any atom is -0.496 e. The summed E-state index contributed by atoms with van der Waals surface area (Å²) in [5, 5.41) is 8.56. The van der Waals surface area contributed by atoms with Gasteiger partial charge in [0, 0.05) is 54.9 Å². The van der Waals surface area contributed by atoms with Gasteiger partial charge in [-0.1, -0.05) is 24.3 Å². The van der Waals surface area contributed by atoms with Crippen LogP contribution in [0.4, 0.5) is 11.5 Å². The van der Waals surface area contributed by atoms with E-state index in [1.165, 1.54) is 42.3 Å². The molecule has 0 unspecified atom stereocenters. The van der Waals surface area contributed by atoms with Gasteiger partial charge in [0.15, 0.2) is 0 Å². The Morgan fingerprint density at radius 3 is 2.47 bits per heavy atom. The SMILES string of the molecule is COc1ccc(CNCC2CCC(Nc3cc(N(C)C)c4ccccc4n3)CC2)c(OC)c1C. The van der Waals surface area contributed by atoms with Crippen LogP contribution in [-0.4, -0.2) is 45.9 Å². The lowest BCUT2D eigenvalue weighted by atomic mass is 9.86. The highest BCUT2D eigenvalue weighted by Gasteiger charge is 2.22. The Balaban J connectivity index is 1.30. The minimum absolute atomic E-state index is 0.476. The van der Waals surface area contributed by atoms with E-state index in [1.807, 2.05) is 13.0 Å². The van der Waals surface area contributed by atoms with Crippen LogP contribution in [0.2, 0.25) is 0 Å². The zero-order valence-corrected chi connectivity index (χ0v) is 21.1. The lowest BCUT2D eigenvalue weighted by molar-refractivity contribution is 0.323. The van der Waals surface area contributed by atoms with E-state index in [-0.39, 0.29) is 0 Å². The predicted octanol–water partition coefficient (Wildman–Crippen LogP) is 5.39. The van der Waals surface area contributed by atoms with E-state index in [2.05, 4.69) is 66.0 Å². The number of aromatic nitrogens is 1. The number of nitrogens with one attached hydrogen (secondary N) is 2. The van der Waals surface area contributed by atoms with Gasteiger partial charge < -0.3 is 25.0 Å². The summed E-state index contributed by atoms with van der Waals surface area (Å²) in [5.74, 6) is 3.46. The number of hydrogen-bond donors (Lipinski definition) is 2. The topological polar surface area (TPSA) is 58.7 Å². The molecule has 1 fully saturated rings. The van der Waals surface area contributed by atoms with Crippen molar-refractivity contribution in [2.45, 2.75) is 45.2 Å². The second kappa shape index (κ2) is 11.0. The molecule has 3 aromatic rings. The number of pyridine rings is 1. The summed E-state index contributed by atoms with van der Waals surface area (Å²) < 4.78 is 11.1. The van der Waals surface area contributed by atoms with Gasteiger partial charge >= 0.3 is 0 Å². The van der Waals surface area contributed by atoms with Crippen LogP contribution in [0.15, 0.2) is 42.5 Å². The summed E-state index contributed by atoms with van der Waals surface area (Å²) in [7, 11) is 7.60. The number of ether oxygens (including phenoxy) is 2. The second-order valence-electron chi connectivity index (χ2n) is 9.52. The normalized spacial score (nSPS) is 18.0. The Morgan fingerprint density at radius 1 is 1.00 bits per heavy atom. The monoisotopic (exact) mass is 462 g/mol. The number of hydrogen-bond acceptors (Lipinski definition) is 6. The van der Waals surface area contributed by atoms with Crippen LogP contribution in [0, 0.1) is 12.8 Å². The first-order chi connectivity index (χ1) is 16.5. The highest BCUT2D eigenvalue weighted by atomic mass is 16.5. The molecule has 1 heterocycles. The van der Waals surface area contributed by atoms with Crippen molar-refractivity contribution in [2.24, 2.45) is 5.92 Å². The molecular weight excluding hydrogens is 424 g/mol. The number of nitrogens with zero attached hydrogens (tertiary/aromatic N) is 2. The lowest BCUT2D eigenvalue weighted by Crippen LogP contribution is -2.31. The van der Waals surface area contributed by atoms with E-state index < -0.39 is 0 Å². The predicted molar refractivity (Wildman–Crippen MR) is 141 cm³/mol. The number of rotatable bonds is 9. The van der Waals surface area contributed by atoms with Crippen LogP contribution >= 0.6 is 0 Å². The fraction of sp³-hybridized carbons (Fsp3) is 0.464. The standard InChI is InChI=1S/C28H38N4O2/c1-19-26(33-4)15-12-21(28(19)34-5)18-29-17-20-10-13-22(14-11-20)30-27-16-25(32(2)3)23-8-6-7-9-24(23)31-27/h6-9,12,15-16,20,22,29H,10-11,13-14,17-18H2,1-5H3,(H,30,31). The molecule has 1 saturated carbocycles. The smallest absolute Gasteiger partial charge is 0.129 e. The molecule has 182 valence electrons. The molecule has 0 saturated heterocycles. The van der Waals surface area contributed by atoms with Gasteiger partial charge in [-0.15, -0.1) is 0 Å². The molecule has 1 aliphatic rings. The molecule has 0 amide bonds. The van der Waals surface area contributed by atoms with E-state index in [9.17, 15) is 0 Å². The summed E-state index contributed by atoms with van der Waals surface area (Å²) in [6.45, 7) is 3.88. The first kappa shape index (κ1) is 24.1. The summed E-state index contributed by atoms with van der Waals surface area (Å²) in [4.78, 5) is 7.04. The summed E-state index contributed by atoms with van der Waals surface area (Å²) in [5.41, 5.74) is 4.47. The maximum atomic E-state index is 5.64. The highest BCUT2D eigenvalue weighted by molar-refractivity contribution is 5.93. The first-order valence-corrected chi connectivity index (χ1v) is 12.2. The molecule has 6 heteroatoms. The van der Waals surface area contributed by atoms with Crippen LogP contribution in [0.25, 0.3) is 10.9 Å². The maximum absolute atomic E-state index is 5.64. The highest BCUT2D eigenvalue weighted by Crippen LogP contribution is 2.32. The van der Waals surface area contributed by atoms with Gasteiger partial charge in [0.1, 0.15) is 17.3 Å². The van der Waals surface area contributed by atoms with Gasteiger partial charge in [0.05, 0.1) is 19.7 Å². The molecule has 0 bridgehead atoms. The molecule has 0 spiro atoms. The molecule has 2 N–H and O–H groups in total.